The summed E-state index contributed by atoms with van der Waals surface area (Å²) in [6.45, 7) is 4.01. The summed E-state index contributed by atoms with van der Waals surface area (Å²) >= 11 is 5.89. The average Bonchev–Trinajstić information content (AvgIpc) is 3.09. The van der Waals surface area contributed by atoms with Gasteiger partial charge in [0.2, 0.25) is 5.95 Å². The first-order chi connectivity index (χ1) is 12.1. The fourth-order valence-electron chi connectivity index (χ4n) is 3.91. The smallest absolute Gasteiger partial charge is 0.225 e. The van der Waals surface area contributed by atoms with Crippen molar-refractivity contribution in [2.75, 3.05) is 29.9 Å². The first kappa shape index (κ1) is 16.5. The van der Waals surface area contributed by atoms with Crippen LogP contribution in [0.25, 0.3) is 0 Å². The van der Waals surface area contributed by atoms with Crippen molar-refractivity contribution in [1.82, 2.24) is 19.9 Å². The molecule has 0 atom stereocenters. The molecule has 2 aliphatic rings. The van der Waals surface area contributed by atoms with Gasteiger partial charge in [-0.1, -0.05) is 11.6 Å². The molecule has 1 aliphatic carbocycles. The van der Waals surface area contributed by atoms with Gasteiger partial charge < -0.3 is 9.80 Å². The Morgan fingerprint density at radius 1 is 1.12 bits per heavy atom. The zero-order valence-electron chi connectivity index (χ0n) is 14.7. The lowest BCUT2D eigenvalue weighted by atomic mass is 10.0. The van der Waals surface area contributed by atoms with E-state index in [2.05, 4.69) is 31.8 Å². The molecule has 0 unspecified atom stereocenters. The first-order valence-corrected chi connectivity index (χ1v) is 9.31. The van der Waals surface area contributed by atoms with Crippen LogP contribution in [0.2, 0.25) is 5.02 Å². The summed E-state index contributed by atoms with van der Waals surface area (Å²) in [4.78, 5) is 22.7. The zero-order valence-corrected chi connectivity index (χ0v) is 15.5. The molecule has 1 aliphatic heterocycles. The van der Waals surface area contributed by atoms with Crippen LogP contribution in [0.15, 0.2) is 12.4 Å². The summed E-state index contributed by atoms with van der Waals surface area (Å²) in [5.41, 5.74) is 2.63. The normalized spacial score (nSPS) is 17.6. The average molecular weight is 359 g/mol. The van der Waals surface area contributed by atoms with Gasteiger partial charge in [0.25, 0.3) is 0 Å². The van der Waals surface area contributed by atoms with Crippen LogP contribution in [0.4, 0.5) is 11.8 Å². The van der Waals surface area contributed by atoms with Gasteiger partial charge in [-0.3, -0.25) is 0 Å². The number of anilines is 2. The molecule has 1 fully saturated rings. The monoisotopic (exact) mass is 358 g/mol. The fourth-order valence-corrected chi connectivity index (χ4v) is 4.01. The van der Waals surface area contributed by atoms with Crippen molar-refractivity contribution in [3.8, 4) is 0 Å². The Balaban J connectivity index is 1.46. The minimum atomic E-state index is 0.438. The van der Waals surface area contributed by atoms with E-state index >= 15 is 0 Å². The molecule has 0 saturated carbocycles. The fraction of sp³-hybridized carbons (Fsp3) is 0.556. The third-order valence-corrected chi connectivity index (χ3v) is 5.45. The third-order valence-electron chi connectivity index (χ3n) is 5.26. The number of nitrogens with zero attached hydrogens (tertiary/aromatic N) is 6. The summed E-state index contributed by atoms with van der Waals surface area (Å²) in [6.07, 6.45) is 8.86. The summed E-state index contributed by atoms with van der Waals surface area (Å²) in [7, 11) is 2.07. The van der Waals surface area contributed by atoms with Crippen LogP contribution in [-0.2, 0) is 12.8 Å². The second-order valence-electron chi connectivity index (χ2n) is 6.90. The van der Waals surface area contributed by atoms with Crippen molar-refractivity contribution in [3.05, 3.63) is 34.5 Å². The molecule has 0 aromatic carbocycles. The van der Waals surface area contributed by atoms with Gasteiger partial charge in [0, 0.05) is 37.4 Å². The second-order valence-corrected chi connectivity index (χ2v) is 7.34. The number of halogens is 1. The van der Waals surface area contributed by atoms with E-state index in [4.69, 9.17) is 16.6 Å². The zero-order chi connectivity index (χ0) is 17.4. The van der Waals surface area contributed by atoms with E-state index in [0.29, 0.717) is 11.1 Å². The summed E-state index contributed by atoms with van der Waals surface area (Å²) in [5.74, 6) is 2.80. The van der Waals surface area contributed by atoms with Gasteiger partial charge in [-0.05, 0) is 39.0 Å². The number of fused-ring (bicyclic) bond motifs is 1. The highest BCUT2D eigenvalue weighted by molar-refractivity contribution is 6.30. The summed E-state index contributed by atoms with van der Waals surface area (Å²) in [6, 6.07) is 0.438. The number of hydrogen-bond acceptors (Lipinski definition) is 6. The van der Waals surface area contributed by atoms with Crippen molar-refractivity contribution < 1.29 is 0 Å². The van der Waals surface area contributed by atoms with Gasteiger partial charge in [0.15, 0.2) is 0 Å². The van der Waals surface area contributed by atoms with Crippen molar-refractivity contribution in [1.29, 1.82) is 0 Å². The number of hydrogen-bond donors (Lipinski definition) is 0. The highest BCUT2D eigenvalue weighted by Gasteiger charge is 2.28. The lowest BCUT2D eigenvalue weighted by Crippen LogP contribution is -2.44. The Hall–Kier alpha value is -1.95. The van der Waals surface area contributed by atoms with Crippen molar-refractivity contribution in [3.63, 3.8) is 0 Å². The van der Waals surface area contributed by atoms with Crippen molar-refractivity contribution in [2.24, 2.45) is 0 Å². The van der Waals surface area contributed by atoms with Crippen LogP contribution in [0.1, 0.15) is 36.3 Å². The van der Waals surface area contributed by atoms with Gasteiger partial charge in [0.1, 0.15) is 11.6 Å². The van der Waals surface area contributed by atoms with Gasteiger partial charge in [-0.25, -0.2) is 19.9 Å². The van der Waals surface area contributed by atoms with Crippen LogP contribution in [0, 0.1) is 6.92 Å². The molecule has 2 aromatic rings. The van der Waals surface area contributed by atoms with Crippen LogP contribution in [0.3, 0.4) is 0 Å². The molecule has 6 nitrogen and oxygen atoms in total. The number of piperidine rings is 1. The molecule has 25 heavy (non-hydrogen) atoms. The van der Waals surface area contributed by atoms with E-state index in [9.17, 15) is 0 Å². The Morgan fingerprint density at radius 2 is 1.84 bits per heavy atom. The summed E-state index contributed by atoms with van der Waals surface area (Å²) in [5, 5.41) is 0.569. The molecular formula is C18H23ClN6. The molecule has 0 bridgehead atoms. The van der Waals surface area contributed by atoms with Gasteiger partial charge >= 0.3 is 0 Å². The molecule has 0 N–H and O–H groups in total. The van der Waals surface area contributed by atoms with E-state index in [0.717, 1.165) is 50.5 Å². The molecule has 4 rings (SSSR count). The largest absolute Gasteiger partial charge is 0.356 e. The summed E-state index contributed by atoms with van der Waals surface area (Å²) < 4.78 is 0. The molecule has 0 spiro atoms. The number of rotatable bonds is 3. The number of aryl methyl sites for hydroxylation is 2. The van der Waals surface area contributed by atoms with Crippen LogP contribution in [-0.4, -0.2) is 46.1 Å². The van der Waals surface area contributed by atoms with Gasteiger partial charge in [-0.2, -0.15) is 0 Å². The predicted octanol–water partition coefficient (Wildman–Crippen LogP) is 2.82. The predicted molar refractivity (Wildman–Crippen MR) is 99.5 cm³/mol. The lowest BCUT2D eigenvalue weighted by molar-refractivity contribution is 0.474. The van der Waals surface area contributed by atoms with E-state index in [1.54, 1.807) is 12.4 Å². The maximum absolute atomic E-state index is 5.89. The molecule has 0 radical (unpaired) electrons. The Kier molecular flexibility index (Phi) is 4.46. The minimum Gasteiger partial charge on any atom is -0.356 e. The minimum absolute atomic E-state index is 0.438. The SMILES string of the molecule is Cc1nc2c(c(N3CCC(N(C)c4ncc(Cl)cn4)CC3)n1)CCC2. The number of aromatic nitrogens is 4. The Morgan fingerprint density at radius 3 is 2.56 bits per heavy atom. The first-order valence-electron chi connectivity index (χ1n) is 8.93. The van der Waals surface area contributed by atoms with Crippen LogP contribution in [0.5, 0.6) is 0 Å². The Labute approximate surface area is 153 Å². The lowest BCUT2D eigenvalue weighted by Gasteiger charge is -2.37. The Bertz CT molecular complexity index is 755. The molecular weight excluding hydrogens is 336 g/mol. The van der Waals surface area contributed by atoms with E-state index in [1.807, 2.05) is 6.92 Å². The molecule has 1 saturated heterocycles. The third kappa shape index (κ3) is 3.27. The molecule has 132 valence electrons. The van der Waals surface area contributed by atoms with Gasteiger partial charge in [0.05, 0.1) is 17.4 Å². The molecule has 3 heterocycles. The van der Waals surface area contributed by atoms with E-state index in [1.165, 1.54) is 23.5 Å². The highest BCUT2D eigenvalue weighted by atomic mass is 35.5. The van der Waals surface area contributed by atoms with Crippen molar-refractivity contribution >= 4 is 23.4 Å². The van der Waals surface area contributed by atoms with E-state index in [-0.39, 0.29) is 0 Å². The van der Waals surface area contributed by atoms with Crippen LogP contribution < -0.4 is 9.80 Å². The molecule has 7 heteroatoms. The molecule has 0 amide bonds. The van der Waals surface area contributed by atoms with Crippen LogP contribution >= 0.6 is 11.6 Å². The van der Waals surface area contributed by atoms with E-state index < -0.39 is 0 Å². The maximum Gasteiger partial charge on any atom is 0.225 e. The molecule has 2 aromatic heterocycles. The topological polar surface area (TPSA) is 58.0 Å². The van der Waals surface area contributed by atoms with Gasteiger partial charge in [-0.15, -0.1) is 0 Å². The maximum atomic E-state index is 5.89. The standard InChI is InChI=1S/C18H23ClN6/c1-12-22-16-5-3-4-15(16)17(23-12)25-8-6-14(7-9-25)24(2)18-20-10-13(19)11-21-18/h10-11,14H,3-9H2,1-2H3. The second kappa shape index (κ2) is 6.75. The quantitative estimate of drug-likeness (QED) is 0.840. The highest BCUT2D eigenvalue weighted by Crippen LogP contribution is 2.31. The van der Waals surface area contributed by atoms with Crippen molar-refractivity contribution in [2.45, 2.75) is 45.1 Å².